The van der Waals surface area contributed by atoms with Crippen molar-refractivity contribution in [1.29, 1.82) is 0 Å². The predicted octanol–water partition coefficient (Wildman–Crippen LogP) is 1.22. The third kappa shape index (κ3) is 1.79. The summed E-state index contributed by atoms with van der Waals surface area (Å²) >= 11 is 0. The van der Waals surface area contributed by atoms with Gasteiger partial charge in [-0.25, -0.2) is 13.8 Å². The minimum atomic E-state index is -0.560. The van der Waals surface area contributed by atoms with E-state index in [0.717, 1.165) is 18.2 Å². The van der Waals surface area contributed by atoms with E-state index in [1.54, 1.807) is 7.05 Å². The van der Waals surface area contributed by atoms with E-state index in [-0.39, 0.29) is 17.9 Å². The van der Waals surface area contributed by atoms with Crippen LogP contribution in [-0.4, -0.2) is 14.8 Å². The Morgan fingerprint density at radius 1 is 1.38 bits per heavy atom. The number of nitrogens with two attached hydrogens (primary N) is 1. The van der Waals surface area contributed by atoms with E-state index in [0.29, 0.717) is 5.82 Å². The van der Waals surface area contributed by atoms with Gasteiger partial charge >= 0.3 is 0 Å². The Labute approximate surface area is 90.7 Å². The molecule has 0 aliphatic carbocycles. The number of hydrogen-bond donors (Lipinski definition) is 1. The van der Waals surface area contributed by atoms with Gasteiger partial charge in [0.15, 0.2) is 5.82 Å². The number of benzene rings is 1. The fourth-order valence-corrected chi connectivity index (χ4v) is 1.38. The molecule has 2 rings (SSSR count). The maximum Gasteiger partial charge on any atom is 0.184 e. The number of nitrogens with zero attached hydrogens (tertiary/aromatic N) is 3. The Morgan fingerprint density at radius 2 is 2.12 bits per heavy atom. The van der Waals surface area contributed by atoms with Gasteiger partial charge in [0.05, 0.1) is 12.1 Å². The molecule has 0 unspecified atom stereocenters. The van der Waals surface area contributed by atoms with E-state index in [1.165, 1.54) is 4.68 Å². The lowest BCUT2D eigenvalue weighted by Gasteiger charge is -1.97. The summed E-state index contributed by atoms with van der Waals surface area (Å²) in [4.78, 5) is 4.02. The summed E-state index contributed by atoms with van der Waals surface area (Å²) in [5, 5.41) is 3.97. The molecule has 0 amide bonds. The molecule has 0 atom stereocenters. The molecule has 0 spiro atoms. The summed E-state index contributed by atoms with van der Waals surface area (Å²) < 4.78 is 27.8. The van der Waals surface area contributed by atoms with Crippen LogP contribution in [0.3, 0.4) is 0 Å². The SMILES string of the molecule is Cn1nc(-c2cc(F)ccc2F)nc1CN. The topological polar surface area (TPSA) is 56.7 Å². The van der Waals surface area contributed by atoms with Gasteiger partial charge < -0.3 is 5.73 Å². The highest BCUT2D eigenvalue weighted by atomic mass is 19.1. The molecule has 2 N–H and O–H groups in total. The maximum atomic E-state index is 13.4. The van der Waals surface area contributed by atoms with Crippen LogP contribution in [0.1, 0.15) is 5.82 Å². The van der Waals surface area contributed by atoms with Crippen molar-refractivity contribution in [3.05, 3.63) is 35.7 Å². The molecule has 84 valence electrons. The van der Waals surface area contributed by atoms with Crippen LogP contribution < -0.4 is 5.73 Å². The zero-order valence-corrected chi connectivity index (χ0v) is 8.61. The highest BCUT2D eigenvalue weighted by Gasteiger charge is 2.13. The van der Waals surface area contributed by atoms with E-state index in [2.05, 4.69) is 10.1 Å². The standard InChI is InChI=1S/C10H10F2N4/c1-16-9(5-13)14-10(15-16)7-4-6(11)2-3-8(7)12/h2-4H,5,13H2,1H3. The zero-order valence-electron chi connectivity index (χ0n) is 8.61. The van der Waals surface area contributed by atoms with Crippen LogP contribution in [0.4, 0.5) is 8.78 Å². The van der Waals surface area contributed by atoms with E-state index < -0.39 is 11.6 Å². The molecular weight excluding hydrogens is 214 g/mol. The Kier molecular flexibility index (Phi) is 2.66. The van der Waals surface area contributed by atoms with Crippen molar-refractivity contribution >= 4 is 0 Å². The summed E-state index contributed by atoms with van der Waals surface area (Å²) in [6.07, 6.45) is 0. The van der Waals surface area contributed by atoms with Crippen molar-refractivity contribution in [3.8, 4) is 11.4 Å². The normalized spacial score (nSPS) is 10.8. The first-order valence-corrected chi connectivity index (χ1v) is 4.67. The zero-order chi connectivity index (χ0) is 11.7. The third-order valence-electron chi connectivity index (χ3n) is 2.21. The van der Waals surface area contributed by atoms with Crippen molar-refractivity contribution in [2.75, 3.05) is 0 Å². The summed E-state index contributed by atoms with van der Waals surface area (Å²) in [7, 11) is 1.65. The van der Waals surface area contributed by atoms with Crippen molar-refractivity contribution in [3.63, 3.8) is 0 Å². The van der Waals surface area contributed by atoms with E-state index >= 15 is 0 Å². The van der Waals surface area contributed by atoms with Crippen LogP contribution in [0.5, 0.6) is 0 Å². The van der Waals surface area contributed by atoms with Gasteiger partial charge in [-0.3, -0.25) is 4.68 Å². The number of aromatic nitrogens is 3. The average molecular weight is 224 g/mol. The third-order valence-corrected chi connectivity index (χ3v) is 2.21. The molecule has 0 saturated heterocycles. The Hall–Kier alpha value is -1.82. The first-order valence-electron chi connectivity index (χ1n) is 4.67. The number of aryl methyl sites for hydroxylation is 1. The first kappa shape index (κ1) is 10.7. The van der Waals surface area contributed by atoms with Crippen molar-refractivity contribution < 1.29 is 8.78 Å². The van der Waals surface area contributed by atoms with Crippen molar-refractivity contribution in [1.82, 2.24) is 14.8 Å². The van der Waals surface area contributed by atoms with Gasteiger partial charge in [0.2, 0.25) is 0 Å². The van der Waals surface area contributed by atoms with Gasteiger partial charge in [-0.2, -0.15) is 5.10 Å². The summed E-state index contributed by atoms with van der Waals surface area (Å²) in [6.45, 7) is 0.195. The van der Waals surface area contributed by atoms with Crippen LogP contribution in [0, 0.1) is 11.6 Å². The highest BCUT2D eigenvalue weighted by molar-refractivity contribution is 5.55. The average Bonchev–Trinajstić information content (AvgIpc) is 2.63. The van der Waals surface area contributed by atoms with Gasteiger partial charge in [0, 0.05) is 7.05 Å². The summed E-state index contributed by atoms with van der Waals surface area (Å²) in [5.41, 5.74) is 5.46. The molecule has 0 aliphatic rings. The number of rotatable bonds is 2. The molecule has 1 aromatic heterocycles. The molecule has 1 heterocycles. The molecule has 1 aromatic carbocycles. The molecule has 2 aromatic rings. The van der Waals surface area contributed by atoms with Crippen LogP contribution in [0.2, 0.25) is 0 Å². The molecule has 0 aliphatic heterocycles. The molecular formula is C10H10F2N4. The minimum absolute atomic E-state index is 0.0373. The monoisotopic (exact) mass is 224 g/mol. The first-order chi connectivity index (χ1) is 7.61. The Balaban J connectivity index is 2.53. The van der Waals surface area contributed by atoms with Gasteiger partial charge in [-0.1, -0.05) is 0 Å². The van der Waals surface area contributed by atoms with Gasteiger partial charge in [-0.05, 0) is 18.2 Å². The predicted molar refractivity (Wildman–Crippen MR) is 54.2 cm³/mol. The van der Waals surface area contributed by atoms with E-state index in [9.17, 15) is 8.78 Å². The smallest absolute Gasteiger partial charge is 0.184 e. The molecule has 0 radical (unpaired) electrons. The van der Waals surface area contributed by atoms with E-state index in [1.807, 2.05) is 0 Å². The summed E-state index contributed by atoms with van der Waals surface area (Å²) in [5.74, 6) is -0.438. The number of halogens is 2. The lowest BCUT2D eigenvalue weighted by Crippen LogP contribution is -2.05. The molecule has 6 heteroatoms. The summed E-state index contributed by atoms with van der Waals surface area (Å²) in [6, 6.07) is 3.15. The van der Waals surface area contributed by atoms with Crippen LogP contribution in [0.25, 0.3) is 11.4 Å². The fourth-order valence-electron chi connectivity index (χ4n) is 1.38. The lowest BCUT2D eigenvalue weighted by atomic mass is 10.2. The van der Waals surface area contributed by atoms with Crippen LogP contribution >= 0.6 is 0 Å². The van der Waals surface area contributed by atoms with Gasteiger partial charge in [-0.15, -0.1) is 0 Å². The Morgan fingerprint density at radius 3 is 2.75 bits per heavy atom. The second kappa shape index (κ2) is 3.97. The quantitative estimate of drug-likeness (QED) is 0.834. The van der Waals surface area contributed by atoms with Crippen LogP contribution in [0.15, 0.2) is 18.2 Å². The maximum absolute atomic E-state index is 13.4. The van der Waals surface area contributed by atoms with Crippen LogP contribution in [-0.2, 0) is 13.6 Å². The lowest BCUT2D eigenvalue weighted by molar-refractivity contribution is 0.601. The molecule has 4 nitrogen and oxygen atoms in total. The fraction of sp³-hybridized carbons (Fsp3) is 0.200. The van der Waals surface area contributed by atoms with Crippen molar-refractivity contribution in [2.45, 2.75) is 6.54 Å². The molecule has 0 fully saturated rings. The number of hydrogen-bond acceptors (Lipinski definition) is 3. The minimum Gasteiger partial charge on any atom is -0.324 e. The van der Waals surface area contributed by atoms with Gasteiger partial charge in [0.25, 0.3) is 0 Å². The second-order valence-corrected chi connectivity index (χ2v) is 3.30. The molecule has 0 saturated carbocycles. The highest BCUT2D eigenvalue weighted by Crippen LogP contribution is 2.20. The largest absolute Gasteiger partial charge is 0.324 e. The second-order valence-electron chi connectivity index (χ2n) is 3.30. The van der Waals surface area contributed by atoms with E-state index in [4.69, 9.17) is 5.73 Å². The molecule has 0 bridgehead atoms. The molecule has 16 heavy (non-hydrogen) atoms. The van der Waals surface area contributed by atoms with Crippen molar-refractivity contribution in [2.24, 2.45) is 12.8 Å². The Bertz CT molecular complexity index is 522. The van der Waals surface area contributed by atoms with Gasteiger partial charge in [0.1, 0.15) is 17.5 Å².